The van der Waals surface area contributed by atoms with E-state index in [1.807, 2.05) is 69.2 Å². The van der Waals surface area contributed by atoms with Gasteiger partial charge < -0.3 is 9.80 Å². The number of amides is 1. The van der Waals surface area contributed by atoms with E-state index in [2.05, 4.69) is 16.0 Å². The van der Waals surface area contributed by atoms with Crippen LogP contribution in [0.1, 0.15) is 32.7 Å². The highest BCUT2D eigenvalue weighted by molar-refractivity contribution is 5.98. The standard InChI is InChI=1S/C24H26N4O/c1-17-5-10-21-14-22(18(2)26-23(21)13-17)24(29)28(12-11-27(3)4)16-20-8-6-19(15-25)7-9-20/h5-10,13-14H,11-12,16H2,1-4H3. The molecule has 29 heavy (non-hydrogen) atoms. The molecular formula is C24H26N4O. The predicted octanol–water partition coefficient (Wildman–Crippen LogP) is 3.93. The van der Waals surface area contributed by atoms with Crippen LogP contribution in [-0.4, -0.2) is 47.9 Å². The Labute approximate surface area is 172 Å². The smallest absolute Gasteiger partial charge is 0.256 e. The van der Waals surface area contributed by atoms with E-state index >= 15 is 0 Å². The highest BCUT2D eigenvalue weighted by Gasteiger charge is 2.20. The number of aryl methyl sites for hydroxylation is 2. The molecule has 5 heteroatoms. The lowest BCUT2D eigenvalue weighted by Gasteiger charge is -2.25. The molecule has 0 N–H and O–H groups in total. The van der Waals surface area contributed by atoms with Gasteiger partial charge in [-0.1, -0.05) is 24.3 Å². The lowest BCUT2D eigenvalue weighted by molar-refractivity contribution is 0.0731. The number of carbonyl (C=O) groups is 1. The molecule has 0 bridgehead atoms. The summed E-state index contributed by atoms with van der Waals surface area (Å²) in [7, 11) is 3.99. The van der Waals surface area contributed by atoms with Gasteiger partial charge in [0, 0.05) is 25.0 Å². The second kappa shape index (κ2) is 8.85. The first-order chi connectivity index (χ1) is 13.9. The number of hydrogen-bond donors (Lipinski definition) is 0. The van der Waals surface area contributed by atoms with Crippen molar-refractivity contribution in [2.24, 2.45) is 0 Å². The van der Waals surface area contributed by atoms with Crippen molar-refractivity contribution in [1.82, 2.24) is 14.8 Å². The van der Waals surface area contributed by atoms with Gasteiger partial charge in [0.2, 0.25) is 0 Å². The number of fused-ring (bicyclic) bond motifs is 1. The Bertz CT molecular complexity index is 1060. The molecule has 5 nitrogen and oxygen atoms in total. The van der Waals surface area contributed by atoms with Crippen LogP contribution in [0.25, 0.3) is 10.9 Å². The van der Waals surface area contributed by atoms with Crippen molar-refractivity contribution in [3.63, 3.8) is 0 Å². The predicted molar refractivity (Wildman–Crippen MR) is 116 cm³/mol. The average molecular weight is 386 g/mol. The van der Waals surface area contributed by atoms with Gasteiger partial charge in [0.1, 0.15) is 0 Å². The summed E-state index contributed by atoms with van der Waals surface area (Å²) >= 11 is 0. The highest BCUT2D eigenvalue weighted by Crippen LogP contribution is 2.20. The fourth-order valence-electron chi connectivity index (χ4n) is 3.24. The summed E-state index contributed by atoms with van der Waals surface area (Å²) in [6.07, 6.45) is 0. The van der Waals surface area contributed by atoms with Crippen LogP contribution >= 0.6 is 0 Å². The van der Waals surface area contributed by atoms with Crippen molar-refractivity contribution in [3.8, 4) is 6.07 Å². The summed E-state index contributed by atoms with van der Waals surface area (Å²) in [5.41, 5.74) is 5.04. The number of nitrogens with zero attached hydrogens (tertiary/aromatic N) is 4. The van der Waals surface area contributed by atoms with Gasteiger partial charge in [-0.25, -0.2) is 0 Å². The summed E-state index contributed by atoms with van der Waals surface area (Å²) in [6.45, 7) is 5.79. The Hall–Kier alpha value is -3.23. The first-order valence-electron chi connectivity index (χ1n) is 9.68. The molecule has 0 aliphatic carbocycles. The van der Waals surface area contributed by atoms with E-state index < -0.39 is 0 Å². The fourth-order valence-corrected chi connectivity index (χ4v) is 3.24. The Morgan fingerprint density at radius 1 is 1.03 bits per heavy atom. The average Bonchev–Trinajstić information content (AvgIpc) is 2.70. The van der Waals surface area contributed by atoms with E-state index in [1.54, 1.807) is 12.1 Å². The van der Waals surface area contributed by atoms with Crippen molar-refractivity contribution >= 4 is 16.8 Å². The van der Waals surface area contributed by atoms with Gasteiger partial charge >= 0.3 is 0 Å². The number of benzene rings is 2. The fraction of sp³-hybridized carbons (Fsp3) is 0.292. The Kier molecular flexibility index (Phi) is 6.26. The van der Waals surface area contributed by atoms with Crippen LogP contribution in [0.3, 0.4) is 0 Å². The molecule has 0 aliphatic heterocycles. The maximum Gasteiger partial charge on any atom is 0.256 e. The van der Waals surface area contributed by atoms with Gasteiger partial charge in [0.15, 0.2) is 0 Å². The second-order valence-electron chi connectivity index (χ2n) is 7.66. The van der Waals surface area contributed by atoms with E-state index in [0.29, 0.717) is 24.2 Å². The lowest BCUT2D eigenvalue weighted by atomic mass is 10.1. The Morgan fingerprint density at radius 3 is 2.41 bits per heavy atom. The summed E-state index contributed by atoms with van der Waals surface area (Å²) in [5, 5.41) is 9.97. The normalized spacial score (nSPS) is 10.9. The van der Waals surface area contributed by atoms with Gasteiger partial charge in [-0.3, -0.25) is 9.78 Å². The Balaban J connectivity index is 1.92. The van der Waals surface area contributed by atoms with Crippen LogP contribution in [0.4, 0.5) is 0 Å². The molecule has 3 aromatic rings. The number of likely N-dealkylation sites (N-methyl/N-ethyl adjacent to an activating group) is 1. The number of aromatic nitrogens is 1. The van der Waals surface area contributed by atoms with Crippen LogP contribution in [0.2, 0.25) is 0 Å². The number of hydrogen-bond acceptors (Lipinski definition) is 4. The largest absolute Gasteiger partial charge is 0.333 e. The maximum atomic E-state index is 13.4. The van der Waals surface area contributed by atoms with Gasteiger partial charge in [-0.2, -0.15) is 5.26 Å². The minimum absolute atomic E-state index is 0.0244. The molecule has 3 rings (SSSR count). The number of pyridine rings is 1. The quantitative estimate of drug-likeness (QED) is 0.644. The molecule has 0 saturated heterocycles. The first-order valence-corrected chi connectivity index (χ1v) is 9.68. The minimum atomic E-state index is -0.0244. The molecule has 0 radical (unpaired) electrons. The van der Waals surface area contributed by atoms with Crippen LogP contribution in [0.5, 0.6) is 0 Å². The number of carbonyl (C=O) groups excluding carboxylic acids is 1. The lowest BCUT2D eigenvalue weighted by Crippen LogP contribution is -2.36. The third-order valence-corrected chi connectivity index (χ3v) is 4.95. The van der Waals surface area contributed by atoms with E-state index in [0.717, 1.165) is 34.3 Å². The number of rotatable bonds is 6. The molecule has 2 aromatic carbocycles. The summed E-state index contributed by atoms with van der Waals surface area (Å²) < 4.78 is 0. The summed E-state index contributed by atoms with van der Waals surface area (Å²) in [6, 6.07) is 17.5. The molecular weight excluding hydrogens is 360 g/mol. The maximum absolute atomic E-state index is 13.4. The molecule has 0 saturated carbocycles. The molecule has 0 fully saturated rings. The van der Waals surface area contributed by atoms with Crippen LogP contribution in [-0.2, 0) is 6.54 Å². The third-order valence-electron chi connectivity index (χ3n) is 4.95. The van der Waals surface area contributed by atoms with Crippen molar-refractivity contribution in [2.75, 3.05) is 27.2 Å². The molecule has 148 valence electrons. The molecule has 0 unspecified atom stereocenters. The van der Waals surface area contributed by atoms with Crippen molar-refractivity contribution in [3.05, 3.63) is 76.5 Å². The van der Waals surface area contributed by atoms with E-state index in [4.69, 9.17) is 5.26 Å². The van der Waals surface area contributed by atoms with Crippen molar-refractivity contribution in [1.29, 1.82) is 5.26 Å². The molecule has 1 aromatic heterocycles. The van der Waals surface area contributed by atoms with Gasteiger partial charge in [-0.05, 0) is 63.3 Å². The topological polar surface area (TPSA) is 60.2 Å². The van der Waals surface area contributed by atoms with Gasteiger partial charge in [0.25, 0.3) is 5.91 Å². The third kappa shape index (κ3) is 4.98. The molecule has 0 atom stereocenters. The molecule has 1 amide bonds. The minimum Gasteiger partial charge on any atom is -0.333 e. The first kappa shape index (κ1) is 20.5. The van der Waals surface area contributed by atoms with Gasteiger partial charge in [0.05, 0.1) is 28.4 Å². The Morgan fingerprint density at radius 2 is 1.76 bits per heavy atom. The summed E-state index contributed by atoms with van der Waals surface area (Å²) in [5.74, 6) is -0.0244. The van der Waals surface area contributed by atoms with Gasteiger partial charge in [-0.15, -0.1) is 0 Å². The molecule has 1 heterocycles. The molecule has 0 spiro atoms. The van der Waals surface area contributed by atoms with Crippen molar-refractivity contribution in [2.45, 2.75) is 20.4 Å². The zero-order valence-corrected chi connectivity index (χ0v) is 17.4. The monoisotopic (exact) mass is 386 g/mol. The number of nitriles is 1. The van der Waals surface area contributed by atoms with E-state index in [-0.39, 0.29) is 5.91 Å². The van der Waals surface area contributed by atoms with E-state index in [1.165, 1.54) is 0 Å². The zero-order valence-electron chi connectivity index (χ0n) is 17.4. The molecule has 0 aliphatic rings. The van der Waals surface area contributed by atoms with Crippen LogP contribution in [0, 0.1) is 25.2 Å². The zero-order chi connectivity index (χ0) is 21.0. The SMILES string of the molecule is Cc1ccc2cc(C(=O)N(CCN(C)C)Cc3ccc(C#N)cc3)c(C)nc2c1. The van der Waals surface area contributed by atoms with Crippen LogP contribution < -0.4 is 0 Å². The van der Waals surface area contributed by atoms with Crippen LogP contribution in [0.15, 0.2) is 48.5 Å². The van der Waals surface area contributed by atoms with Crippen molar-refractivity contribution < 1.29 is 4.79 Å². The summed E-state index contributed by atoms with van der Waals surface area (Å²) in [4.78, 5) is 22.0. The highest BCUT2D eigenvalue weighted by atomic mass is 16.2. The van der Waals surface area contributed by atoms with E-state index in [9.17, 15) is 4.79 Å². The second-order valence-corrected chi connectivity index (χ2v) is 7.66.